The minimum Gasteiger partial charge on any atom is -0.462 e. The first-order valence-corrected chi connectivity index (χ1v) is 27.2. The van der Waals surface area contributed by atoms with Gasteiger partial charge in [-0.15, -0.1) is 0 Å². The Kier molecular flexibility index (Phi) is 49.8. The molecular weight excluding hydrogens is 781 g/mol. The molecule has 0 saturated heterocycles. The SMILES string of the molecule is CCCCCC/C=C\CCCC(=O)OCC(COC(=O)CCCCCCC\C=C/C=C\C=C/CCCCCCC)OC(=O)CCCCCCCCCCCCCCCCCCCC. The van der Waals surface area contributed by atoms with Crippen molar-refractivity contribution in [1.82, 2.24) is 0 Å². The predicted molar refractivity (Wildman–Crippen MR) is 270 cm³/mol. The molecule has 6 heteroatoms. The second-order valence-corrected chi connectivity index (χ2v) is 18.2. The summed E-state index contributed by atoms with van der Waals surface area (Å²) in [6.07, 6.45) is 62.5. The molecule has 0 aliphatic rings. The molecule has 0 spiro atoms. The first kappa shape index (κ1) is 60.4. The minimum absolute atomic E-state index is 0.0899. The third-order valence-electron chi connectivity index (χ3n) is 11.9. The van der Waals surface area contributed by atoms with Crippen LogP contribution in [0.15, 0.2) is 48.6 Å². The van der Waals surface area contributed by atoms with Gasteiger partial charge in [-0.05, 0) is 64.2 Å². The lowest BCUT2D eigenvalue weighted by Gasteiger charge is -2.18. The van der Waals surface area contributed by atoms with E-state index in [-0.39, 0.29) is 31.1 Å². The van der Waals surface area contributed by atoms with Gasteiger partial charge in [0, 0.05) is 19.3 Å². The Morgan fingerprint density at radius 1 is 0.317 bits per heavy atom. The Balaban J connectivity index is 4.33. The highest BCUT2D eigenvalue weighted by atomic mass is 16.6. The highest BCUT2D eigenvalue weighted by Crippen LogP contribution is 2.16. The number of carbonyl (C=O) groups is 3. The van der Waals surface area contributed by atoms with Gasteiger partial charge in [-0.2, -0.15) is 0 Å². The summed E-state index contributed by atoms with van der Waals surface area (Å²) in [6.45, 7) is 6.57. The smallest absolute Gasteiger partial charge is 0.306 e. The summed E-state index contributed by atoms with van der Waals surface area (Å²) < 4.78 is 16.8. The Morgan fingerprint density at radius 2 is 0.603 bits per heavy atom. The van der Waals surface area contributed by atoms with Gasteiger partial charge in [0.2, 0.25) is 0 Å². The summed E-state index contributed by atoms with van der Waals surface area (Å²) >= 11 is 0. The molecule has 0 fully saturated rings. The maximum Gasteiger partial charge on any atom is 0.306 e. The fourth-order valence-electron chi connectivity index (χ4n) is 7.74. The standard InChI is InChI=1S/C57H102O6/c1-4-7-10-13-16-19-21-23-25-27-29-31-33-35-38-41-44-47-50-56(59)62-53-54(52-61-55(58)49-46-43-40-37-18-15-12-9-6-3)63-57(60)51-48-45-42-39-36-34-32-30-28-26-24-22-20-17-14-11-8-5-2/h21,23,25,27,29,31,37,40,54H,4-20,22,24,26,28,30,32-36,38-39,41-53H2,1-3H3/b23-21-,27-25-,31-29-,40-37-. The van der Waals surface area contributed by atoms with Gasteiger partial charge < -0.3 is 14.2 Å². The van der Waals surface area contributed by atoms with Crippen LogP contribution in [0.25, 0.3) is 0 Å². The van der Waals surface area contributed by atoms with Gasteiger partial charge >= 0.3 is 17.9 Å². The zero-order valence-corrected chi connectivity index (χ0v) is 41.8. The lowest BCUT2D eigenvalue weighted by atomic mass is 10.0. The fraction of sp³-hybridized carbons (Fsp3) is 0.807. The molecule has 0 aromatic carbocycles. The van der Waals surface area contributed by atoms with Crippen LogP contribution in [-0.4, -0.2) is 37.2 Å². The van der Waals surface area contributed by atoms with Gasteiger partial charge in [0.05, 0.1) is 0 Å². The van der Waals surface area contributed by atoms with E-state index >= 15 is 0 Å². The first-order chi connectivity index (χ1) is 31.0. The van der Waals surface area contributed by atoms with E-state index in [4.69, 9.17) is 14.2 Å². The summed E-state index contributed by atoms with van der Waals surface area (Å²) in [6, 6.07) is 0. The lowest BCUT2D eigenvalue weighted by Crippen LogP contribution is -2.30. The van der Waals surface area contributed by atoms with Crippen molar-refractivity contribution in [1.29, 1.82) is 0 Å². The molecule has 63 heavy (non-hydrogen) atoms. The molecule has 1 atom stereocenters. The molecule has 0 N–H and O–H groups in total. The highest BCUT2D eigenvalue weighted by molar-refractivity contribution is 5.71. The topological polar surface area (TPSA) is 78.9 Å². The largest absolute Gasteiger partial charge is 0.462 e. The van der Waals surface area contributed by atoms with Crippen LogP contribution in [0.3, 0.4) is 0 Å². The molecule has 0 aromatic rings. The van der Waals surface area contributed by atoms with Crippen molar-refractivity contribution in [2.24, 2.45) is 0 Å². The van der Waals surface area contributed by atoms with Crippen molar-refractivity contribution in [2.75, 3.05) is 13.2 Å². The molecule has 0 saturated carbocycles. The Labute approximate surface area is 390 Å². The fourth-order valence-corrected chi connectivity index (χ4v) is 7.74. The van der Waals surface area contributed by atoms with Crippen LogP contribution in [0.1, 0.15) is 278 Å². The van der Waals surface area contributed by atoms with Gasteiger partial charge in [-0.25, -0.2) is 0 Å². The third kappa shape index (κ3) is 50.2. The molecule has 0 amide bonds. The second-order valence-electron chi connectivity index (χ2n) is 18.2. The number of esters is 3. The van der Waals surface area contributed by atoms with Gasteiger partial charge in [0.15, 0.2) is 6.10 Å². The summed E-state index contributed by atoms with van der Waals surface area (Å²) in [4.78, 5) is 37.9. The first-order valence-electron chi connectivity index (χ1n) is 27.2. The molecular formula is C57H102O6. The van der Waals surface area contributed by atoms with E-state index in [1.165, 1.54) is 161 Å². The van der Waals surface area contributed by atoms with Crippen LogP contribution in [0.5, 0.6) is 0 Å². The maximum atomic E-state index is 12.8. The second kappa shape index (κ2) is 52.0. The third-order valence-corrected chi connectivity index (χ3v) is 11.9. The number of unbranched alkanes of at least 4 members (excludes halogenated alkanes) is 32. The Bertz CT molecular complexity index is 1110. The average molecular weight is 883 g/mol. The Hall–Kier alpha value is -2.63. The minimum atomic E-state index is -0.789. The van der Waals surface area contributed by atoms with Crippen molar-refractivity contribution >= 4 is 17.9 Å². The molecule has 0 heterocycles. The number of hydrogen-bond acceptors (Lipinski definition) is 6. The van der Waals surface area contributed by atoms with Crippen molar-refractivity contribution < 1.29 is 28.6 Å². The number of allylic oxidation sites excluding steroid dienone is 8. The zero-order chi connectivity index (χ0) is 45.8. The molecule has 366 valence electrons. The molecule has 0 bridgehead atoms. The normalized spacial score (nSPS) is 12.4. The Morgan fingerprint density at radius 3 is 1.00 bits per heavy atom. The van der Waals surface area contributed by atoms with Gasteiger partial charge in [0.1, 0.15) is 13.2 Å². The van der Waals surface area contributed by atoms with Crippen LogP contribution < -0.4 is 0 Å². The highest BCUT2D eigenvalue weighted by Gasteiger charge is 2.19. The van der Waals surface area contributed by atoms with Crippen LogP contribution in [-0.2, 0) is 28.6 Å². The van der Waals surface area contributed by atoms with Crippen LogP contribution in [0, 0.1) is 0 Å². The maximum absolute atomic E-state index is 12.8. The number of carbonyl (C=O) groups excluding carboxylic acids is 3. The lowest BCUT2D eigenvalue weighted by molar-refractivity contribution is -0.167. The summed E-state index contributed by atoms with van der Waals surface area (Å²) in [5, 5.41) is 0. The van der Waals surface area contributed by atoms with E-state index < -0.39 is 6.10 Å². The number of rotatable bonds is 49. The predicted octanol–water partition coefficient (Wildman–Crippen LogP) is 17.9. The van der Waals surface area contributed by atoms with Gasteiger partial charge in [-0.1, -0.05) is 243 Å². The average Bonchev–Trinajstić information content (AvgIpc) is 3.28. The summed E-state index contributed by atoms with van der Waals surface area (Å²) in [7, 11) is 0. The molecule has 0 aromatic heterocycles. The molecule has 1 unspecified atom stereocenters. The van der Waals surface area contributed by atoms with E-state index in [0.717, 1.165) is 70.6 Å². The van der Waals surface area contributed by atoms with Crippen LogP contribution in [0.4, 0.5) is 0 Å². The van der Waals surface area contributed by atoms with E-state index in [1.54, 1.807) is 0 Å². The molecule has 0 radical (unpaired) electrons. The van der Waals surface area contributed by atoms with Crippen molar-refractivity contribution in [3.8, 4) is 0 Å². The van der Waals surface area contributed by atoms with E-state index in [0.29, 0.717) is 25.7 Å². The number of hydrogen-bond donors (Lipinski definition) is 0. The van der Waals surface area contributed by atoms with Gasteiger partial charge in [0.25, 0.3) is 0 Å². The van der Waals surface area contributed by atoms with Crippen molar-refractivity contribution in [3.05, 3.63) is 48.6 Å². The summed E-state index contributed by atoms with van der Waals surface area (Å²) in [5.41, 5.74) is 0. The quantitative estimate of drug-likeness (QED) is 0.0199. The van der Waals surface area contributed by atoms with Crippen molar-refractivity contribution in [3.63, 3.8) is 0 Å². The van der Waals surface area contributed by atoms with E-state index in [1.807, 2.05) is 0 Å². The van der Waals surface area contributed by atoms with Crippen molar-refractivity contribution in [2.45, 2.75) is 284 Å². The van der Waals surface area contributed by atoms with Crippen LogP contribution in [0.2, 0.25) is 0 Å². The molecule has 6 nitrogen and oxygen atoms in total. The van der Waals surface area contributed by atoms with E-state index in [2.05, 4.69) is 69.4 Å². The summed E-state index contributed by atoms with van der Waals surface area (Å²) in [5.74, 6) is -0.934. The molecule has 0 aliphatic heterocycles. The molecule has 0 aliphatic carbocycles. The van der Waals surface area contributed by atoms with Crippen LogP contribution >= 0.6 is 0 Å². The number of ether oxygens (including phenoxy) is 3. The van der Waals surface area contributed by atoms with Gasteiger partial charge in [-0.3, -0.25) is 14.4 Å². The molecule has 0 rings (SSSR count). The van der Waals surface area contributed by atoms with E-state index in [9.17, 15) is 14.4 Å². The monoisotopic (exact) mass is 883 g/mol. The zero-order valence-electron chi connectivity index (χ0n) is 41.8.